The fraction of sp³-hybridized carbons (Fsp3) is 0.160. The van der Waals surface area contributed by atoms with Crippen LogP contribution in [0.1, 0.15) is 11.6 Å². The zero-order valence-electron chi connectivity index (χ0n) is 18.5. The quantitative estimate of drug-likeness (QED) is 0.270. The van der Waals surface area contributed by atoms with Crippen molar-refractivity contribution in [3.05, 3.63) is 126 Å². The van der Waals surface area contributed by atoms with E-state index in [2.05, 4.69) is 17.9 Å². The third kappa shape index (κ3) is 5.31. The van der Waals surface area contributed by atoms with E-state index in [-0.39, 0.29) is 17.9 Å². The van der Waals surface area contributed by atoms with Gasteiger partial charge in [-0.25, -0.2) is 28.1 Å². The summed E-state index contributed by atoms with van der Waals surface area (Å²) in [6, 6.07) is 21.0. The molecule has 1 N–H and O–H groups in total. The summed E-state index contributed by atoms with van der Waals surface area (Å²) in [6.45, 7) is 0.850. The van der Waals surface area contributed by atoms with Gasteiger partial charge in [-0.05, 0) is 54.1 Å². The maximum absolute atomic E-state index is 13.8. The van der Waals surface area contributed by atoms with Crippen LogP contribution in [-0.2, 0) is 0 Å². The predicted octanol–water partition coefficient (Wildman–Crippen LogP) is 3.57. The van der Waals surface area contributed by atoms with E-state index in [9.17, 15) is 14.4 Å². The Bertz CT molecular complexity index is 1400. The van der Waals surface area contributed by atoms with Crippen LogP contribution in [0.3, 0.4) is 0 Å². The highest BCUT2D eigenvalue weighted by atomic mass is 35.5. The zero-order valence-corrected chi connectivity index (χ0v) is 20.9. The molecule has 1 atom stereocenters. The maximum atomic E-state index is 13.8. The summed E-state index contributed by atoms with van der Waals surface area (Å²) >= 11 is 16.3. The molecular weight excluding hydrogens is 507 g/mol. The number of nitrogens with zero attached hydrogens (tertiary/aromatic N) is 3. The van der Waals surface area contributed by atoms with E-state index in [4.69, 9.17) is 23.2 Å². The van der Waals surface area contributed by atoms with Crippen molar-refractivity contribution in [1.82, 2.24) is 19.0 Å². The van der Waals surface area contributed by atoms with Gasteiger partial charge in [0.05, 0.1) is 17.4 Å². The largest absolute Gasteiger partial charge is 0.345 e. The summed E-state index contributed by atoms with van der Waals surface area (Å²) < 4.78 is 3.05. The molecule has 0 saturated carbocycles. The standard InChI is InChI=1S/C25H22Cl2N4O3S/c26-18-6-10-20(11-7-18)29-23(32)30(21-12-8-19(27)9-13-21)25(34)31(24(29)33)22(16-28-14-15-35)17-4-2-1-3-5-17/h1-13,22,28,35H,14-16H2. The summed E-state index contributed by atoms with van der Waals surface area (Å²) in [4.78, 5) is 41.2. The topological polar surface area (TPSA) is 78.0 Å². The molecule has 180 valence electrons. The molecule has 0 amide bonds. The fourth-order valence-corrected chi connectivity index (χ4v) is 4.21. The summed E-state index contributed by atoms with van der Waals surface area (Å²) in [6.07, 6.45) is 0. The van der Waals surface area contributed by atoms with Crippen LogP contribution >= 0.6 is 35.8 Å². The molecule has 0 aliphatic heterocycles. The van der Waals surface area contributed by atoms with Crippen LogP contribution in [0.2, 0.25) is 10.0 Å². The van der Waals surface area contributed by atoms with Crippen molar-refractivity contribution in [2.24, 2.45) is 0 Å². The molecule has 0 aliphatic rings. The molecule has 0 spiro atoms. The van der Waals surface area contributed by atoms with Crippen molar-refractivity contribution < 1.29 is 0 Å². The molecule has 7 nitrogen and oxygen atoms in total. The summed E-state index contributed by atoms with van der Waals surface area (Å²) in [5, 5.41) is 4.13. The minimum Gasteiger partial charge on any atom is -0.314 e. The molecule has 0 fully saturated rings. The van der Waals surface area contributed by atoms with Gasteiger partial charge in [0.25, 0.3) is 0 Å². The number of aromatic nitrogens is 3. The molecule has 4 rings (SSSR count). The van der Waals surface area contributed by atoms with Crippen molar-refractivity contribution in [3.63, 3.8) is 0 Å². The Morgan fingerprint density at radius 1 is 0.714 bits per heavy atom. The van der Waals surface area contributed by atoms with Gasteiger partial charge in [0.1, 0.15) is 0 Å². The van der Waals surface area contributed by atoms with Crippen LogP contribution < -0.4 is 22.4 Å². The van der Waals surface area contributed by atoms with E-state index in [1.54, 1.807) is 48.5 Å². The Morgan fingerprint density at radius 2 is 1.20 bits per heavy atom. The molecule has 4 aromatic rings. The van der Waals surface area contributed by atoms with E-state index in [0.717, 1.165) is 19.3 Å². The normalized spacial score (nSPS) is 12.0. The Balaban J connectivity index is 2.06. The van der Waals surface area contributed by atoms with Crippen molar-refractivity contribution in [1.29, 1.82) is 0 Å². The maximum Gasteiger partial charge on any atom is 0.345 e. The first-order chi connectivity index (χ1) is 16.9. The van der Waals surface area contributed by atoms with Crippen molar-refractivity contribution >= 4 is 35.8 Å². The third-order valence-electron chi connectivity index (χ3n) is 5.47. The molecule has 0 bridgehead atoms. The minimum atomic E-state index is -0.795. The zero-order chi connectivity index (χ0) is 24.9. The molecule has 0 aliphatic carbocycles. The smallest absolute Gasteiger partial charge is 0.314 e. The van der Waals surface area contributed by atoms with E-state index < -0.39 is 23.1 Å². The van der Waals surface area contributed by atoms with Crippen LogP contribution in [-0.4, -0.2) is 32.5 Å². The second kappa shape index (κ2) is 11.1. The lowest BCUT2D eigenvalue weighted by atomic mass is 10.1. The lowest BCUT2D eigenvalue weighted by molar-refractivity contribution is 0.460. The van der Waals surface area contributed by atoms with Gasteiger partial charge in [0, 0.05) is 28.9 Å². The lowest BCUT2D eigenvalue weighted by Gasteiger charge is -2.22. The van der Waals surface area contributed by atoms with Crippen LogP contribution in [0.15, 0.2) is 93.2 Å². The van der Waals surface area contributed by atoms with Crippen molar-refractivity contribution in [2.75, 3.05) is 18.8 Å². The Kier molecular flexibility index (Phi) is 7.97. The number of thiol groups is 1. The first kappa shape index (κ1) is 25.1. The van der Waals surface area contributed by atoms with Crippen LogP contribution in [0, 0.1) is 0 Å². The molecule has 0 radical (unpaired) electrons. The summed E-state index contributed by atoms with van der Waals surface area (Å²) in [7, 11) is 0. The van der Waals surface area contributed by atoms with Crippen LogP contribution in [0.25, 0.3) is 11.4 Å². The van der Waals surface area contributed by atoms with Crippen molar-refractivity contribution in [2.45, 2.75) is 6.04 Å². The van der Waals surface area contributed by atoms with E-state index in [1.807, 2.05) is 30.3 Å². The van der Waals surface area contributed by atoms with E-state index in [1.165, 1.54) is 0 Å². The Morgan fingerprint density at radius 3 is 1.66 bits per heavy atom. The van der Waals surface area contributed by atoms with Crippen LogP contribution in [0.4, 0.5) is 0 Å². The number of rotatable bonds is 8. The predicted molar refractivity (Wildman–Crippen MR) is 143 cm³/mol. The summed E-state index contributed by atoms with van der Waals surface area (Å²) in [5.74, 6) is 0.579. The van der Waals surface area contributed by atoms with Gasteiger partial charge >= 0.3 is 17.1 Å². The van der Waals surface area contributed by atoms with E-state index >= 15 is 0 Å². The molecule has 3 aromatic carbocycles. The minimum absolute atomic E-state index is 0.277. The van der Waals surface area contributed by atoms with Gasteiger partial charge in [-0.1, -0.05) is 53.5 Å². The average Bonchev–Trinajstić information content (AvgIpc) is 2.86. The molecule has 0 saturated heterocycles. The second-order valence-electron chi connectivity index (χ2n) is 7.70. The molecule has 10 heteroatoms. The lowest BCUT2D eigenvalue weighted by Crippen LogP contribution is -2.55. The highest BCUT2D eigenvalue weighted by molar-refractivity contribution is 7.80. The number of benzene rings is 3. The molecular formula is C25H22Cl2N4O3S. The fourth-order valence-electron chi connectivity index (χ4n) is 3.80. The molecule has 1 aromatic heterocycles. The highest BCUT2D eigenvalue weighted by Gasteiger charge is 2.24. The first-order valence-electron chi connectivity index (χ1n) is 10.8. The highest BCUT2D eigenvalue weighted by Crippen LogP contribution is 2.16. The monoisotopic (exact) mass is 528 g/mol. The van der Waals surface area contributed by atoms with Gasteiger partial charge < -0.3 is 5.32 Å². The van der Waals surface area contributed by atoms with Gasteiger partial charge in [0.15, 0.2) is 0 Å². The number of hydrogen-bond donors (Lipinski definition) is 2. The Hall–Kier alpha value is -3.04. The second-order valence-corrected chi connectivity index (χ2v) is 9.02. The SMILES string of the molecule is O=c1n(-c2ccc(Cl)cc2)c(=O)n(C(CNCCS)c2ccccc2)c(=O)n1-c1ccc(Cl)cc1. The number of hydrogen-bond acceptors (Lipinski definition) is 5. The van der Waals surface area contributed by atoms with Crippen molar-refractivity contribution in [3.8, 4) is 11.4 Å². The van der Waals surface area contributed by atoms with E-state index in [0.29, 0.717) is 22.3 Å². The average molecular weight is 529 g/mol. The van der Waals surface area contributed by atoms with Gasteiger partial charge in [-0.15, -0.1) is 0 Å². The first-order valence-corrected chi connectivity index (χ1v) is 12.2. The number of nitrogens with one attached hydrogen (secondary N) is 1. The molecule has 1 heterocycles. The third-order valence-corrected chi connectivity index (χ3v) is 6.20. The number of halogens is 2. The summed E-state index contributed by atoms with van der Waals surface area (Å²) in [5.41, 5.74) is -0.992. The van der Waals surface area contributed by atoms with Gasteiger partial charge in [-0.2, -0.15) is 12.6 Å². The molecule has 1 unspecified atom stereocenters. The van der Waals surface area contributed by atoms with Crippen LogP contribution in [0.5, 0.6) is 0 Å². The van der Waals surface area contributed by atoms with Gasteiger partial charge in [0.2, 0.25) is 0 Å². The Labute approximate surface area is 216 Å². The molecule has 35 heavy (non-hydrogen) atoms. The van der Waals surface area contributed by atoms with Gasteiger partial charge in [-0.3, -0.25) is 0 Å².